The van der Waals surface area contributed by atoms with Crippen LogP contribution in [0, 0.1) is 6.92 Å². The number of hydrogen-bond acceptors (Lipinski definition) is 2. The van der Waals surface area contributed by atoms with E-state index in [9.17, 15) is 4.79 Å². The van der Waals surface area contributed by atoms with Gasteiger partial charge in [0.05, 0.1) is 0 Å². The lowest BCUT2D eigenvalue weighted by molar-refractivity contribution is -0.114. The maximum Gasteiger partial charge on any atom is 0.246 e. The van der Waals surface area contributed by atoms with Gasteiger partial charge < -0.3 is 16.4 Å². The van der Waals surface area contributed by atoms with Gasteiger partial charge in [0.15, 0.2) is 5.96 Å². The Morgan fingerprint density at radius 1 is 1.09 bits per heavy atom. The molecule has 0 aliphatic carbocycles. The Hall–Kier alpha value is -2.82. The Morgan fingerprint density at radius 3 is 2.48 bits per heavy atom. The van der Waals surface area contributed by atoms with Crippen molar-refractivity contribution in [3.05, 3.63) is 59.7 Å². The Morgan fingerprint density at radius 2 is 1.78 bits per heavy atom. The lowest BCUT2D eigenvalue weighted by Crippen LogP contribution is -2.25. The Balaban J connectivity index is 1.89. The third kappa shape index (κ3) is 5.47. The van der Waals surface area contributed by atoms with Crippen LogP contribution in [0.25, 0.3) is 0 Å². The molecule has 0 heterocycles. The minimum absolute atomic E-state index is 0.0268. The fourth-order valence-corrected chi connectivity index (χ4v) is 2.14. The highest BCUT2D eigenvalue weighted by atomic mass is 16.1. The summed E-state index contributed by atoms with van der Waals surface area (Å²) in [4.78, 5) is 16.0. The van der Waals surface area contributed by atoms with E-state index in [0.29, 0.717) is 0 Å². The second-order valence-corrected chi connectivity index (χ2v) is 5.30. The van der Waals surface area contributed by atoms with Crippen LogP contribution in [0.5, 0.6) is 0 Å². The summed E-state index contributed by atoms with van der Waals surface area (Å²) < 4.78 is 0. The van der Waals surface area contributed by atoms with Crippen molar-refractivity contribution in [3.8, 4) is 0 Å². The van der Waals surface area contributed by atoms with Gasteiger partial charge in [-0.15, -0.1) is 0 Å². The van der Waals surface area contributed by atoms with Crippen LogP contribution in [-0.4, -0.2) is 18.4 Å². The van der Waals surface area contributed by atoms with E-state index in [1.54, 1.807) is 0 Å². The van der Waals surface area contributed by atoms with Crippen LogP contribution in [0.3, 0.4) is 0 Å². The molecule has 4 N–H and O–H groups in total. The molecule has 120 valence electrons. The summed E-state index contributed by atoms with van der Waals surface area (Å²) in [5.74, 6) is 0.0142. The molecular formula is C18H22N4O. The fourth-order valence-electron chi connectivity index (χ4n) is 2.14. The van der Waals surface area contributed by atoms with E-state index in [1.807, 2.05) is 55.5 Å². The topological polar surface area (TPSA) is 79.5 Å². The highest BCUT2D eigenvalue weighted by Crippen LogP contribution is 2.11. The van der Waals surface area contributed by atoms with Gasteiger partial charge in [-0.25, -0.2) is 4.99 Å². The van der Waals surface area contributed by atoms with Gasteiger partial charge in [0, 0.05) is 11.4 Å². The molecule has 0 aliphatic heterocycles. The third-order valence-corrected chi connectivity index (χ3v) is 3.30. The smallest absolute Gasteiger partial charge is 0.246 e. The number of guanidine groups is 1. The summed E-state index contributed by atoms with van der Waals surface area (Å²) in [6.07, 6.45) is 0.926. The molecule has 0 aromatic heterocycles. The number of nitrogens with two attached hydrogens (primary N) is 1. The number of amides is 1. The maximum atomic E-state index is 11.9. The molecule has 0 saturated carbocycles. The van der Waals surface area contributed by atoms with Crippen molar-refractivity contribution in [2.24, 2.45) is 10.7 Å². The van der Waals surface area contributed by atoms with Gasteiger partial charge >= 0.3 is 0 Å². The van der Waals surface area contributed by atoms with E-state index < -0.39 is 0 Å². The maximum absolute atomic E-state index is 11.9. The first-order chi connectivity index (χ1) is 11.1. The van der Waals surface area contributed by atoms with Gasteiger partial charge in [0.25, 0.3) is 0 Å². The normalized spacial score (nSPS) is 11.1. The molecule has 0 aliphatic rings. The number of carbonyl (C=O) groups excluding carboxylic acids is 1. The van der Waals surface area contributed by atoms with E-state index in [-0.39, 0.29) is 18.4 Å². The van der Waals surface area contributed by atoms with Gasteiger partial charge in [-0.2, -0.15) is 0 Å². The monoisotopic (exact) mass is 310 g/mol. The highest BCUT2D eigenvalue weighted by Gasteiger charge is 2.03. The van der Waals surface area contributed by atoms with E-state index in [0.717, 1.165) is 23.4 Å². The lowest BCUT2D eigenvalue weighted by Gasteiger charge is -2.07. The molecule has 23 heavy (non-hydrogen) atoms. The Kier molecular flexibility index (Phi) is 5.74. The Bertz CT molecular complexity index is 710. The second kappa shape index (κ2) is 7.98. The van der Waals surface area contributed by atoms with E-state index in [1.165, 1.54) is 5.56 Å². The Labute approximate surface area is 136 Å². The number of aryl methyl sites for hydroxylation is 2. The van der Waals surface area contributed by atoms with E-state index in [2.05, 4.69) is 22.5 Å². The molecule has 0 fully saturated rings. The average molecular weight is 310 g/mol. The molecule has 0 radical (unpaired) electrons. The molecule has 0 unspecified atom stereocenters. The molecule has 2 aromatic carbocycles. The van der Waals surface area contributed by atoms with Crippen molar-refractivity contribution < 1.29 is 4.79 Å². The van der Waals surface area contributed by atoms with Crippen LogP contribution < -0.4 is 16.4 Å². The van der Waals surface area contributed by atoms with Crippen LogP contribution in [0.1, 0.15) is 18.1 Å². The molecule has 5 nitrogen and oxygen atoms in total. The predicted octanol–water partition coefficient (Wildman–Crippen LogP) is 2.92. The summed E-state index contributed by atoms with van der Waals surface area (Å²) in [5, 5.41) is 5.78. The molecule has 0 saturated heterocycles. The molecule has 0 atom stereocenters. The zero-order valence-corrected chi connectivity index (χ0v) is 13.5. The summed E-state index contributed by atoms with van der Waals surface area (Å²) in [5.41, 5.74) is 9.72. The summed E-state index contributed by atoms with van der Waals surface area (Å²) in [6, 6.07) is 15.5. The number of benzene rings is 2. The average Bonchev–Trinajstić information content (AvgIpc) is 2.53. The number of nitrogens with one attached hydrogen (secondary N) is 2. The first-order valence-corrected chi connectivity index (χ1v) is 7.59. The van der Waals surface area contributed by atoms with Crippen molar-refractivity contribution >= 4 is 23.2 Å². The van der Waals surface area contributed by atoms with E-state index >= 15 is 0 Å². The van der Waals surface area contributed by atoms with Crippen LogP contribution >= 0.6 is 0 Å². The minimum atomic E-state index is -0.202. The number of rotatable bonds is 5. The van der Waals surface area contributed by atoms with Crippen molar-refractivity contribution in [3.63, 3.8) is 0 Å². The number of anilines is 2. The largest absolute Gasteiger partial charge is 0.370 e. The molecule has 0 bridgehead atoms. The number of aliphatic imine (C=N–C) groups is 1. The van der Waals surface area contributed by atoms with Gasteiger partial charge in [-0.3, -0.25) is 4.79 Å². The van der Waals surface area contributed by atoms with Gasteiger partial charge in [0.2, 0.25) is 5.91 Å². The summed E-state index contributed by atoms with van der Waals surface area (Å²) >= 11 is 0. The standard InChI is InChI=1S/C18H22N4O/c1-3-14-7-5-9-16(11-14)21-17(23)12-20-18(19)22-15-8-4-6-13(2)10-15/h4-11H,3,12H2,1-2H3,(H,21,23)(H3,19,20,22). The summed E-state index contributed by atoms with van der Waals surface area (Å²) in [6.45, 7) is 4.04. The lowest BCUT2D eigenvalue weighted by atomic mass is 10.1. The van der Waals surface area contributed by atoms with Crippen LogP contribution in [0.15, 0.2) is 53.5 Å². The summed E-state index contributed by atoms with van der Waals surface area (Å²) in [7, 11) is 0. The van der Waals surface area contributed by atoms with Crippen molar-refractivity contribution in [2.45, 2.75) is 20.3 Å². The number of carbonyl (C=O) groups is 1. The first-order valence-electron chi connectivity index (χ1n) is 7.59. The third-order valence-electron chi connectivity index (χ3n) is 3.30. The van der Waals surface area contributed by atoms with Gasteiger partial charge in [-0.05, 0) is 48.7 Å². The zero-order chi connectivity index (χ0) is 16.7. The predicted molar refractivity (Wildman–Crippen MR) is 95.7 cm³/mol. The molecule has 2 aromatic rings. The second-order valence-electron chi connectivity index (χ2n) is 5.30. The number of nitrogens with zero attached hydrogens (tertiary/aromatic N) is 1. The van der Waals surface area contributed by atoms with Gasteiger partial charge in [-0.1, -0.05) is 31.2 Å². The van der Waals surface area contributed by atoms with Crippen molar-refractivity contribution in [2.75, 3.05) is 17.2 Å². The molecular weight excluding hydrogens is 288 g/mol. The van der Waals surface area contributed by atoms with Crippen molar-refractivity contribution in [1.29, 1.82) is 0 Å². The fraction of sp³-hybridized carbons (Fsp3) is 0.222. The minimum Gasteiger partial charge on any atom is -0.370 e. The number of hydrogen-bond donors (Lipinski definition) is 3. The quantitative estimate of drug-likeness (QED) is 0.587. The van der Waals surface area contributed by atoms with Crippen LogP contribution in [0.2, 0.25) is 0 Å². The highest BCUT2D eigenvalue weighted by molar-refractivity contribution is 5.97. The molecule has 2 rings (SSSR count). The van der Waals surface area contributed by atoms with E-state index in [4.69, 9.17) is 5.73 Å². The zero-order valence-electron chi connectivity index (χ0n) is 13.5. The first kappa shape index (κ1) is 16.5. The molecule has 5 heteroatoms. The van der Waals surface area contributed by atoms with Crippen molar-refractivity contribution in [1.82, 2.24) is 0 Å². The molecule has 0 spiro atoms. The van der Waals surface area contributed by atoms with Crippen LogP contribution in [0.4, 0.5) is 11.4 Å². The van der Waals surface area contributed by atoms with Crippen LogP contribution in [-0.2, 0) is 11.2 Å². The SMILES string of the molecule is CCc1cccc(NC(=O)CN=C(N)Nc2cccc(C)c2)c1. The van der Waals surface area contributed by atoms with Gasteiger partial charge in [0.1, 0.15) is 6.54 Å². The molecule has 1 amide bonds.